The molecule has 0 heterocycles. The molecule has 0 aromatic heterocycles. The molecule has 2 rings (SSSR count). The molecule has 0 unspecified atom stereocenters. The predicted molar refractivity (Wildman–Crippen MR) is 79.9 cm³/mol. The summed E-state index contributed by atoms with van der Waals surface area (Å²) in [4.78, 5) is 19.9. The van der Waals surface area contributed by atoms with Crippen LogP contribution in [0.3, 0.4) is 0 Å². The number of nitrogens with zero attached hydrogens (tertiary/aromatic N) is 2. The first kappa shape index (κ1) is 15.2. The number of non-ortho nitro benzene ring substituents is 1. The highest BCUT2D eigenvalue weighted by Gasteiger charge is 2.05. The minimum Gasteiger partial charge on any atom is -0.488 e. The lowest BCUT2D eigenvalue weighted by molar-refractivity contribution is -0.400. The van der Waals surface area contributed by atoms with Gasteiger partial charge >= 0.3 is 0 Å². The fourth-order valence-electron chi connectivity index (χ4n) is 1.77. The minimum atomic E-state index is -0.549. The second kappa shape index (κ2) is 6.98. The molecule has 112 valence electrons. The number of hydrogen-bond acceptors (Lipinski definition) is 5. The van der Waals surface area contributed by atoms with Crippen LogP contribution in [0.15, 0.2) is 54.7 Å². The topological polar surface area (TPSA) is 95.5 Å². The molecule has 0 aliphatic rings. The molecule has 0 spiro atoms. The molecule has 0 aliphatic carbocycles. The molecule has 0 saturated heterocycles. The molecule has 0 saturated carbocycles. The molecule has 2 aromatic rings. The maximum absolute atomic E-state index is 10.6. The SMILES string of the molecule is O=[N+]([O-])/C=C/c1ccccc1OCc1ccc([N+](=O)[O-])cc1. The van der Waals surface area contributed by atoms with Crippen LogP contribution in [0.1, 0.15) is 11.1 Å². The molecule has 0 N–H and O–H groups in total. The van der Waals surface area contributed by atoms with Crippen molar-refractivity contribution in [1.82, 2.24) is 0 Å². The molecule has 0 atom stereocenters. The Morgan fingerprint density at radius 2 is 1.68 bits per heavy atom. The Balaban J connectivity index is 2.08. The maximum Gasteiger partial charge on any atom is 0.269 e. The summed E-state index contributed by atoms with van der Waals surface area (Å²) >= 11 is 0. The van der Waals surface area contributed by atoms with Gasteiger partial charge in [-0.2, -0.15) is 0 Å². The summed E-state index contributed by atoms with van der Waals surface area (Å²) in [5.74, 6) is 0.499. The Labute approximate surface area is 125 Å². The summed E-state index contributed by atoms with van der Waals surface area (Å²) in [5.41, 5.74) is 1.36. The van der Waals surface area contributed by atoms with Crippen molar-refractivity contribution in [2.75, 3.05) is 0 Å². The third-order valence-corrected chi connectivity index (χ3v) is 2.84. The molecule has 0 bridgehead atoms. The number of ether oxygens (including phenoxy) is 1. The number of rotatable bonds is 6. The second-order valence-corrected chi connectivity index (χ2v) is 4.35. The Hall–Kier alpha value is -3.22. The third kappa shape index (κ3) is 4.14. The monoisotopic (exact) mass is 300 g/mol. The Bertz CT molecular complexity index is 710. The van der Waals surface area contributed by atoms with Crippen molar-refractivity contribution in [3.8, 4) is 5.75 Å². The van der Waals surface area contributed by atoms with E-state index < -0.39 is 9.85 Å². The lowest BCUT2D eigenvalue weighted by Crippen LogP contribution is -1.97. The second-order valence-electron chi connectivity index (χ2n) is 4.35. The highest BCUT2D eigenvalue weighted by atomic mass is 16.6. The number of para-hydroxylation sites is 1. The molecular weight excluding hydrogens is 288 g/mol. The van der Waals surface area contributed by atoms with E-state index in [1.165, 1.54) is 18.2 Å². The van der Waals surface area contributed by atoms with Gasteiger partial charge in [-0.1, -0.05) is 18.2 Å². The van der Waals surface area contributed by atoms with E-state index in [1.54, 1.807) is 36.4 Å². The van der Waals surface area contributed by atoms with Gasteiger partial charge in [0.05, 0.1) is 9.85 Å². The van der Waals surface area contributed by atoms with E-state index >= 15 is 0 Å². The molecule has 0 aliphatic heterocycles. The van der Waals surface area contributed by atoms with E-state index in [1.807, 2.05) is 0 Å². The van der Waals surface area contributed by atoms with Crippen molar-refractivity contribution in [2.45, 2.75) is 6.61 Å². The molecule has 0 radical (unpaired) electrons. The van der Waals surface area contributed by atoms with Gasteiger partial charge in [0.2, 0.25) is 6.20 Å². The normalized spacial score (nSPS) is 10.5. The van der Waals surface area contributed by atoms with Crippen molar-refractivity contribution in [1.29, 1.82) is 0 Å². The Kier molecular flexibility index (Phi) is 4.81. The van der Waals surface area contributed by atoms with Gasteiger partial charge in [-0.25, -0.2) is 0 Å². The number of hydrogen-bond donors (Lipinski definition) is 0. The van der Waals surface area contributed by atoms with Gasteiger partial charge in [-0.05, 0) is 23.8 Å². The molecule has 0 fully saturated rings. The lowest BCUT2D eigenvalue weighted by Gasteiger charge is -2.08. The highest BCUT2D eigenvalue weighted by Crippen LogP contribution is 2.21. The largest absolute Gasteiger partial charge is 0.488 e. The van der Waals surface area contributed by atoms with Gasteiger partial charge < -0.3 is 4.74 Å². The van der Waals surface area contributed by atoms with Crippen LogP contribution in [0.25, 0.3) is 6.08 Å². The van der Waals surface area contributed by atoms with Crippen LogP contribution in [-0.2, 0) is 6.61 Å². The molecule has 7 heteroatoms. The van der Waals surface area contributed by atoms with Crippen molar-refractivity contribution in [3.05, 3.63) is 86.1 Å². The first-order valence-electron chi connectivity index (χ1n) is 6.33. The first-order valence-corrected chi connectivity index (χ1v) is 6.33. The summed E-state index contributed by atoms with van der Waals surface area (Å²) in [6.07, 6.45) is 2.19. The van der Waals surface area contributed by atoms with Crippen molar-refractivity contribution < 1.29 is 14.6 Å². The summed E-state index contributed by atoms with van der Waals surface area (Å²) in [5, 5.41) is 20.9. The molecule has 2 aromatic carbocycles. The Morgan fingerprint density at radius 1 is 1.00 bits per heavy atom. The summed E-state index contributed by atoms with van der Waals surface area (Å²) in [6.45, 7) is 0.210. The molecule has 22 heavy (non-hydrogen) atoms. The van der Waals surface area contributed by atoms with Gasteiger partial charge in [0.25, 0.3) is 5.69 Å². The van der Waals surface area contributed by atoms with Crippen LogP contribution >= 0.6 is 0 Å². The van der Waals surface area contributed by atoms with Gasteiger partial charge in [0, 0.05) is 23.8 Å². The van der Waals surface area contributed by atoms with E-state index in [2.05, 4.69) is 0 Å². The number of benzene rings is 2. The zero-order valence-corrected chi connectivity index (χ0v) is 11.4. The fourth-order valence-corrected chi connectivity index (χ4v) is 1.77. The van der Waals surface area contributed by atoms with Crippen LogP contribution in [-0.4, -0.2) is 9.85 Å². The predicted octanol–water partition coefficient (Wildman–Crippen LogP) is 3.42. The van der Waals surface area contributed by atoms with E-state index in [4.69, 9.17) is 4.74 Å². The fraction of sp³-hybridized carbons (Fsp3) is 0.0667. The van der Waals surface area contributed by atoms with E-state index in [0.29, 0.717) is 11.3 Å². The average molecular weight is 300 g/mol. The van der Waals surface area contributed by atoms with E-state index in [0.717, 1.165) is 11.8 Å². The summed E-state index contributed by atoms with van der Waals surface area (Å²) < 4.78 is 5.61. The quantitative estimate of drug-likeness (QED) is 0.601. The first-order chi connectivity index (χ1) is 10.6. The van der Waals surface area contributed by atoms with Gasteiger partial charge in [-0.15, -0.1) is 0 Å². The number of nitro groups is 2. The molecule has 0 amide bonds. The summed E-state index contributed by atoms with van der Waals surface area (Å²) in [6, 6.07) is 12.9. The van der Waals surface area contributed by atoms with Crippen molar-refractivity contribution >= 4 is 11.8 Å². The van der Waals surface area contributed by atoms with Crippen molar-refractivity contribution in [2.24, 2.45) is 0 Å². The van der Waals surface area contributed by atoms with Crippen LogP contribution < -0.4 is 4.74 Å². The summed E-state index contributed by atoms with van der Waals surface area (Å²) in [7, 11) is 0. The van der Waals surface area contributed by atoms with Crippen LogP contribution in [0.5, 0.6) is 5.75 Å². The molecular formula is C15H12N2O5. The zero-order valence-electron chi connectivity index (χ0n) is 11.4. The van der Waals surface area contributed by atoms with Crippen LogP contribution in [0.2, 0.25) is 0 Å². The van der Waals surface area contributed by atoms with Crippen LogP contribution in [0.4, 0.5) is 5.69 Å². The standard InChI is InChI=1S/C15H12N2O5/c18-16(19)10-9-13-3-1-2-4-15(13)22-11-12-5-7-14(8-6-12)17(20)21/h1-10H,11H2/b10-9+. The highest BCUT2D eigenvalue weighted by molar-refractivity contribution is 5.56. The van der Waals surface area contributed by atoms with Crippen molar-refractivity contribution in [3.63, 3.8) is 0 Å². The molecule has 7 nitrogen and oxygen atoms in total. The Morgan fingerprint density at radius 3 is 2.32 bits per heavy atom. The van der Waals surface area contributed by atoms with Gasteiger partial charge in [0.15, 0.2) is 0 Å². The van der Waals surface area contributed by atoms with Gasteiger partial charge in [-0.3, -0.25) is 20.2 Å². The van der Waals surface area contributed by atoms with Crippen LogP contribution in [0, 0.1) is 20.2 Å². The van der Waals surface area contributed by atoms with Gasteiger partial charge in [0.1, 0.15) is 12.4 Å². The maximum atomic E-state index is 10.6. The average Bonchev–Trinajstić information content (AvgIpc) is 2.52. The number of nitro benzene ring substituents is 1. The lowest BCUT2D eigenvalue weighted by atomic mass is 10.2. The smallest absolute Gasteiger partial charge is 0.269 e. The van der Waals surface area contributed by atoms with E-state index in [-0.39, 0.29) is 12.3 Å². The third-order valence-electron chi connectivity index (χ3n) is 2.84. The van der Waals surface area contributed by atoms with E-state index in [9.17, 15) is 20.2 Å². The minimum absolute atomic E-state index is 0.0121. The zero-order chi connectivity index (χ0) is 15.9.